The number of rotatable bonds is 2. The summed E-state index contributed by atoms with van der Waals surface area (Å²) in [5.41, 5.74) is 8.69. The van der Waals surface area contributed by atoms with Gasteiger partial charge in [-0.15, -0.1) is 4.79 Å². The molecule has 0 bridgehead atoms. The van der Waals surface area contributed by atoms with Gasteiger partial charge in [-0.1, -0.05) is 26.2 Å². The van der Waals surface area contributed by atoms with Crippen LogP contribution in [-0.4, -0.2) is 37.0 Å². The third-order valence-electron chi connectivity index (χ3n) is 2.96. The van der Waals surface area contributed by atoms with Gasteiger partial charge in [-0.2, -0.15) is 0 Å². The Hall–Kier alpha value is -0.720. The van der Waals surface area contributed by atoms with Crippen LogP contribution in [0.5, 0.6) is 0 Å². The summed E-state index contributed by atoms with van der Waals surface area (Å²) in [4.78, 5) is 2.52. The van der Waals surface area contributed by atoms with Crippen LogP contribution in [0.15, 0.2) is 0 Å². The van der Waals surface area contributed by atoms with Crippen molar-refractivity contribution in [3.8, 4) is 0 Å². The normalized spacial score (nSPS) is 18.6. The SMILES string of the molecule is CCS(=O)(=O)C(=[N+]=[N-])S(=O)(=O)C1CCCCC1. The second kappa shape index (κ2) is 5.29. The summed E-state index contributed by atoms with van der Waals surface area (Å²) in [6.07, 6.45) is 3.34. The maximum absolute atomic E-state index is 12.1. The van der Waals surface area contributed by atoms with Gasteiger partial charge in [0.25, 0.3) is 19.7 Å². The Morgan fingerprint density at radius 3 is 2.12 bits per heavy atom. The molecule has 0 aromatic heterocycles. The summed E-state index contributed by atoms with van der Waals surface area (Å²) >= 11 is 0. The molecule has 0 saturated heterocycles. The van der Waals surface area contributed by atoms with E-state index in [1.165, 1.54) is 6.92 Å². The fourth-order valence-corrected chi connectivity index (χ4v) is 5.84. The molecule has 0 heterocycles. The molecule has 0 radical (unpaired) electrons. The molecule has 0 N–H and O–H groups in total. The predicted octanol–water partition coefficient (Wildman–Crippen LogP) is 0.754. The molecule has 6 nitrogen and oxygen atoms in total. The summed E-state index contributed by atoms with van der Waals surface area (Å²) in [5.74, 6) is -0.391. The Morgan fingerprint density at radius 1 is 1.18 bits per heavy atom. The van der Waals surface area contributed by atoms with Gasteiger partial charge in [-0.05, 0) is 12.8 Å². The minimum atomic E-state index is -4.03. The zero-order chi connectivity index (χ0) is 13.1. The molecule has 8 heteroatoms. The fourth-order valence-electron chi connectivity index (χ4n) is 1.94. The van der Waals surface area contributed by atoms with E-state index in [-0.39, 0.29) is 0 Å². The Labute approximate surface area is 101 Å². The smallest absolute Gasteiger partial charge is 0.359 e. The molecule has 98 valence electrons. The lowest BCUT2D eigenvalue weighted by atomic mass is 10.0. The van der Waals surface area contributed by atoms with Crippen molar-refractivity contribution < 1.29 is 21.6 Å². The second-order valence-corrected chi connectivity index (χ2v) is 8.67. The van der Waals surface area contributed by atoms with Crippen LogP contribution < -0.4 is 0 Å². The van der Waals surface area contributed by atoms with E-state index in [1.807, 2.05) is 0 Å². The Morgan fingerprint density at radius 2 is 1.71 bits per heavy atom. The minimum Gasteiger partial charge on any atom is -0.359 e. The maximum Gasteiger partial charge on any atom is 0.495 e. The Balaban J connectivity index is 3.17. The first-order valence-electron chi connectivity index (χ1n) is 5.55. The van der Waals surface area contributed by atoms with Crippen LogP contribution in [0, 0.1) is 0 Å². The standard InChI is InChI=1S/C9H16N2O4S2/c1-2-16(12,13)9(11-10)17(14,15)8-6-4-3-5-7-8/h8H,2-7H2,1H3. The fraction of sp³-hybridized carbons (Fsp3) is 0.889. The van der Waals surface area contributed by atoms with Crippen molar-refractivity contribution in [2.24, 2.45) is 0 Å². The van der Waals surface area contributed by atoms with Crippen LogP contribution in [0.4, 0.5) is 0 Å². The molecule has 0 spiro atoms. The molecule has 0 aromatic rings. The topological polar surface area (TPSA) is 105 Å². The molecule has 0 unspecified atom stereocenters. The van der Waals surface area contributed by atoms with Gasteiger partial charge in [0.05, 0.1) is 11.0 Å². The highest BCUT2D eigenvalue weighted by atomic mass is 32.3. The molecule has 0 aliphatic heterocycles. The number of nitrogens with zero attached hydrogens (tertiary/aromatic N) is 2. The minimum absolute atomic E-state index is 0.391. The average Bonchev–Trinajstić information content (AvgIpc) is 2.30. The average molecular weight is 280 g/mol. The quantitative estimate of drug-likeness (QED) is 0.322. The molecular weight excluding hydrogens is 264 g/mol. The highest BCUT2D eigenvalue weighted by molar-refractivity contribution is 8.31. The van der Waals surface area contributed by atoms with E-state index >= 15 is 0 Å². The van der Waals surface area contributed by atoms with Crippen molar-refractivity contribution in [2.45, 2.75) is 44.3 Å². The zero-order valence-corrected chi connectivity index (χ0v) is 11.3. The van der Waals surface area contributed by atoms with E-state index in [0.717, 1.165) is 19.3 Å². The molecule has 0 amide bonds. The lowest BCUT2D eigenvalue weighted by Gasteiger charge is -2.19. The van der Waals surface area contributed by atoms with E-state index in [9.17, 15) is 16.8 Å². The zero-order valence-electron chi connectivity index (χ0n) is 9.66. The second-order valence-electron chi connectivity index (χ2n) is 4.07. The summed E-state index contributed by atoms with van der Waals surface area (Å²) in [6, 6.07) is 0. The highest BCUT2D eigenvalue weighted by Crippen LogP contribution is 2.25. The Bertz CT molecular complexity index is 523. The molecule has 1 aliphatic rings. The molecule has 17 heavy (non-hydrogen) atoms. The van der Waals surface area contributed by atoms with Gasteiger partial charge < -0.3 is 5.53 Å². The van der Waals surface area contributed by atoms with Gasteiger partial charge >= 0.3 is 4.38 Å². The lowest BCUT2D eigenvalue weighted by molar-refractivity contribution is 0.00371. The molecule has 1 saturated carbocycles. The molecule has 1 aliphatic carbocycles. The van der Waals surface area contributed by atoms with Crippen molar-refractivity contribution in [3.63, 3.8) is 0 Å². The van der Waals surface area contributed by atoms with Gasteiger partial charge in [-0.3, -0.25) is 0 Å². The number of hydrogen-bond donors (Lipinski definition) is 0. The summed E-state index contributed by atoms with van der Waals surface area (Å²) < 4.78 is 46.1. The third kappa shape index (κ3) is 2.94. The Kier molecular flexibility index (Phi) is 4.46. The van der Waals surface area contributed by atoms with Crippen LogP contribution in [0.2, 0.25) is 0 Å². The van der Waals surface area contributed by atoms with Crippen molar-refractivity contribution in [2.75, 3.05) is 5.75 Å². The van der Waals surface area contributed by atoms with Crippen LogP contribution in [-0.2, 0) is 19.7 Å². The van der Waals surface area contributed by atoms with E-state index in [4.69, 9.17) is 5.53 Å². The molecular formula is C9H16N2O4S2. The highest BCUT2D eigenvalue weighted by Gasteiger charge is 2.45. The van der Waals surface area contributed by atoms with E-state index in [1.54, 1.807) is 0 Å². The first-order valence-corrected chi connectivity index (χ1v) is 8.75. The third-order valence-corrected chi connectivity index (χ3v) is 7.71. The van der Waals surface area contributed by atoms with Gasteiger partial charge in [0.1, 0.15) is 0 Å². The van der Waals surface area contributed by atoms with E-state index in [2.05, 4.69) is 4.79 Å². The first kappa shape index (κ1) is 14.3. The summed E-state index contributed by atoms with van der Waals surface area (Å²) in [6.45, 7) is 1.32. The van der Waals surface area contributed by atoms with Crippen LogP contribution >= 0.6 is 0 Å². The van der Waals surface area contributed by atoms with Crippen molar-refractivity contribution in [1.29, 1.82) is 0 Å². The van der Waals surface area contributed by atoms with Gasteiger partial charge in [-0.25, -0.2) is 16.8 Å². The molecule has 1 fully saturated rings. The van der Waals surface area contributed by atoms with Gasteiger partial charge in [0.2, 0.25) is 0 Å². The summed E-state index contributed by atoms with van der Waals surface area (Å²) in [7, 11) is -8.04. The number of hydrogen-bond acceptors (Lipinski definition) is 4. The molecule has 0 aromatic carbocycles. The molecule has 0 atom stereocenters. The lowest BCUT2D eigenvalue weighted by Crippen LogP contribution is -2.36. The van der Waals surface area contributed by atoms with E-state index < -0.39 is 35.1 Å². The number of sulfone groups is 2. The monoisotopic (exact) mass is 280 g/mol. The van der Waals surface area contributed by atoms with Crippen molar-refractivity contribution >= 4 is 24.1 Å². The van der Waals surface area contributed by atoms with Gasteiger partial charge in [0.15, 0.2) is 0 Å². The van der Waals surface area contributed by atoms with Crippen LogP contribution in [0.3, 0.4) is 0 Å². The molecule has 1 rings (SSSR count). The predicted molar refractivity (Wildman–Crippen MR) is 63.9 cm³/mol. The van der Waals surface area contributed by atoms with E-state index in [0.29, 0.717) is 12.8 Å². The maximum atomic E-state index is 12.1. The first-order chi connectivity index (χ1) is 7.86. The van der Waals surface area contributed by atoms with Crippen molar-refractivity contribution in [1.82, 2.24) is 0 Å². The summed E-state index contributed by atoms with van der Waals surface area (Å²) in [5, 5.41) is -0.733. The van der Waals surface area contributed by atoms with Crippen molar-refractivity contribution in [3.05, 3.63) is 5.53 Å². The van der Waals surface area contributed by atoms with Crippen LogP contribution in [0.1, 0.15) is 39.0 Å². The van der Waals surface area contributed by atoms with Crippen LogP contribution in [0.25, 0.3) is 5.53 Å². The largest absolute Gasteiger partial charge is 0.495 e. The van der Waals surface area contributed by atoms with Gasteiger partial charge in [0, 0.05) is 0 Å².